The van der Waals surface area contributed by atoms with Gasteiger partial charge in [-0.3, -0.25) is 14.5 Å². The lowest BCUT2D eigenvalue weighted by atomic mass is 9.84. The number of nitrogens with zero attached hydrogens (tertiary/aromatic N) is 4. The SMILES string of the molecule is Cc1ccc(Nc2nc(N)nc(CN3C(=O)CC4(CCCC4)C3=O)n2)cc1. The fourth-order valence-corrected chi connectivity index (χ4v) is 3.93. The number of hydrogen-bond acceptors (Lipinski definition) is 7. The Balaban J connectivity index is 1.54. The number of likely N-dealkylation sites (tertiary alicyclic amines) is 1. The van der Waals surface area contributed by atoms with Crippen LogP contribution >= 0.6 is 0 Å². The first-order chi connectivity index (χ1) is 12.9. The van der Waals surface area contributed by atoms with Gasteiger partial charge in [0.25, 0.3) is 0 Å². The quantitative estimate of drug-likeness (QED) is 0.798. The summed E-state index contributed by atoms with van der Waals surface area (Å²) in [5.41, 5.74) is 7.26. The number of nitrogens with one attached hydrogen (secondary N) is 1. The van der Waals surface area contributed by atoms with Crippen molar-refractivity contribution in [2.24, 2.45) is 5.41 Å². The van der Waals surface area contributed by atoms with Crippen molar-refractivity contribution < 1.29 is 9.59 Å². The molecule has 4 rings (SSSR count). The Morgan fingerprint density at radius 3 is 2.52 bits per heavy atom. The Hall–Kier alpha value is -3.03. The van der Waals surface area contributed by atoms with Gasteiger partial charge in [0.15, 0.2) is 5.82 Å². The molecule has 0 atom stereocenters. The number of benzene rings is 1. The van der Waals surface area contributed by atoms with Gasteiger partial charge in [-0.05, 0) is 31.9 Å². The number of rotatable bonds is 4. The van der Waals surface area contributed by atoms with E-state index in [2.05, 4.69) is 20.3 Å². The minimum atomic E-state index is -0.501. The van der Waals surface area contributed by atoms with Crippen molar-refractivity contribution in [1.29, 1.82) is 0 Å². The van der Waals surface area contributed by atoms with E-state index >= 15 is 0 Å². The third kappa shape index (κ3) is 3.34. The van der Waals surface area contributed by atoms with Crippen molar-refractivity contribution in [3.05, 3.63) is 35.7 Å². The fourth-order valence-electron chi connectivity index (χ4n) is 3.93. The van der Waals surface area contributed by atoms with Gasteiger partial charge in [-0.15, -0.1) is 0 Å². The van der Waals surface area contributed by atoms with Gasteiger partial charge < -0.3 is 11.1 Å². The summed E-state index contributed by atoms with van der Waals surface area (Å²) in [5, 5.41) is 3.08. The molecule has 1 aromatic carbocycles. The number of aromatic nitrogens is 3. The Morgan fingerprint density at radius 1 is 1.11 bits per heavy atom. The fraction of sp³-hybridized carbons (Fsp3) is 0.421. The van der Waals surface area contributed by atoms with Crippen molar-refractivity contribution in [1.82, 2.24) is 19.9 Å². The Labute approximate surface area is 157 Å². The van der Waals surface area contributed by atoms with E-state index in [0.29, 0.717) is 12.2 Å². The summed E-state index contributed by atoms with van der Waals surface area (Å²) in [5.74, 6) is 0.375. The lowest BCUT2D eigenvalue weighted by molar-refractivity contribution is -0.142. The molecule has 2 amide bonds. The highest BCUT2D eigenvalue weighted by atomic mass is 16.2. The molecule has 1 aliphatic heterocycles. The van der Waals surface area contributed by atoms with E-state index in [9.17, 15) is 9.59 Å². The van der Waals surface area contributed by atoms with E-state index in [1.165, 1.54) is 4.90 Å². The van der Waals surface area contributed by atoms with Crippen LogP contribution in [0.15, 0.2) is 24.3 Å². The zero-order chi connectivity index (χ0) is 19.0. The summed E-state index contributed by atoms with van der Waals surface area (Å²) in [6, 6.07) is 7.76. The molecule has 1 spiro atoms. The second kappa shape index (κ2) is 6.61. The van der Waals surface area contributed by atoms with E-state index in [4.69, 9.17) is 5.73 Å². The Morgan fingerprint density at radius 2 is 1.81 bits per heavy atom. The van der Waals surface area contributed by atoms with E-state index in [1.54, 1.807) is 0 Å². The normalized spacial score (nSPS) is 18.5. The molecule has 1 saturated carbocycles. The third-order valence-corrected chi connectivity index (χ3v) is 5.36. The number of carbonyl (C=O) groups is 2. The largest absolute Gasteiger partial charge is 0.368 e. The van der Waals surface area contributed by atoms with Gasteiger partial charge >= 0.3 is 0 Å². The predicted molar refractivity (Wildman–Crippen MR) is 99.8 cm³/mol. The molecule has 2 heterocycles. The van der Waals surface area contributed by atoms with Crippen molar-refractivity contribution in [2.45, 2.75) is 45.6 Å². The number of imide groups is 1. The number of anilines is 3. The molecule has 8 heteroatoms. The molecule has 2 aliphatic rings. The first-order valence-electron chi connectivity index (χ1n) is 9.14. The Kier molecular flexibility index (Phi) is 4.25. The van der Waals surface area contributed by atoms with Crippen molar-refractivity contribution >= 4 is 29.4 Å². The van der Waals surface area contributed by atoms with Crippen LogP contribution in [0.25, 0.3) is 0 Å². The maximum atomic E-state index is 12.8. The maximum absolute atomic E-state index is 12.8. The monoisotopic (exact) mass is 366 g/mol. The zero-order valence-electron chi connectivity index (χ0n) is 15.2. The average Bonchev–Trinajstić information content (AvgIpc) is 3.18. The highest BCUT2D eigenvalue weighted by Gasteiger charge is 2.52. The first-order valence-corrected chi connectivity index (χ1v) is 9.14. The summed E-state index contributed by atoms with van der Waals surface area (Å²) < 4.78 is 0. The van der Waals surface area contributed by atoms with Gasteiger partial charge in [0.05, 0.1) is 12.0 Å². The number of hydrogen-bond donors (Lipinski definition) is 2. The van der Waals surface area contributed by atoms with Gasteiger partial charge in [-0.2, -0.15) is 15.0 Å². The van der Waals surface area contributed by atoms with Gasteiger partial charge in [-0.25, -0.2) is 0 Å². The van der Waals surface area contributed by atoms with Crippen molar-refractivity contribution in [2.75, 3.05) is 11.1 Å². The van der Waals surface area contributed by atoms with Crippen LogP contribution in [0.1, 0.15) is 43.5 Å². The summed E-state index contributed by atoms with van der Waals surface area (Å²) in [7, 11) is 0. The summed E-state index contributed by atoms with van der Waals surface area (Å²) in [6.45, 7) is 2.03. The topological polar surface area (TPSA) is 114 Å². The van der Waals surface area contributed by atoms with Gasteiger partial charge in [0.2, 0.25) is 23.7 Å². The third-order valence-electron chi connectivity index (χ3n) is 5.36. The lowest BCUT2D eigenvalue weighted by Gasteiger charge is -2.20. The standard InChI is InChI=1S/C19H22N6O2/c1-12-4-6-13(7-5-12)21-18-23-14(22-17(20)24-18)11-25-15(26)10-19(16(25)27)8-2-3-9-19/h4-7H,2-3,8-11H2,1H3,(H3,20,21,22,23,24). The molecule has 3 N–H and O–H groups in total. The highest BCUT2D eigenvalue weighted by Crippen LogP contribution is 2.47. The number of nitrogen functional groups attached to an aromatic ring is 1. The molecule has 140 valence electrons. The zero-order valence-corrected chi connectivity index (χ0v) is 15.2. The number of nitrogens with two attached hydrogens (primary N) is 1. The number of aryl methyl sites for hydroxylation is 1. The van der Waals surface area contributed by atoms with E-state index in [0.717, 1.165) is 36.9 Å². The van der Waals surface area contributed by atoms with Gasteiger partial charge in [0, 0.05) is 12.1 Å². The van der Waals surface area contributed by atoms with Crippen LogP contribution in [0.3, 0.4) is 0 Å². The van der Waals surface area contributed by atoms with Crippen LogP contribution < -0.4 is 11.1 Å². The van der Waals surface area contributed by atoms with Crippen molar-refractivity contribution in [3.63, 3.8) is 0 Å². The van der Waals surface area contributed by atoms with Crippen molar-refractivity contribution in [3.8, 4) is 0 Å². The Bertz CT molecular complexity index is 890. The molecule has 1 saturated heterocycles. The molecule has 0 bridgehead atoms. The van der Waals surface area contributed by atoms with Crippen LogP contribution in [-0.4, -0.2) is 31.7 Å². The maximum Gasteiger partial charge on any atom is 0.236 e. The molecular weight excluding hydrogens is 344 g/mol. The number of carbonyl (C=O) groups excluding carboxylic acids is 2. The highest BCUT2D eigenvalue weighted by molar-refractivity contribution is 6.05. The van der Waals surface area contributed by atoms with E-state index in [1.807, 2.05) is 31.2 Å². The second-order valence-electron chi connectivity index (χ2n) is 7.37. The molecule has 8 nitrogen and oxygen atoms in total. The van der Waals surface area contributed by atoms with Crippen LogP contribution in [0.5, 0.6) is 0 Å². The summed E-state index contributed by atoms with van der Waals surface area (Å²) in [6.07, 6.45) is 3.86. The van der Waals surface area contributed by atoms with Crippen LogP contribution in [-0.2, 0) is 16.1 Å². The average molecular weight is 366 g/mol. The number of amides is 2. The molecule has 27 heavy (non-hydrogen) atoms. The van der Waals surface area contributed by atoms with Crippen LogP contribution in [0, 0.1) is 12.3 Å². The summed E-state index contributed by atoms with van der Waals surface area (Å²) in [4.78, 5) is 39.1. The molecule has 2 fully saturated rings. The lowest BCUT2D eigenvalue weighted by Crippen LogP contribution is -2.34. The minimum Gasteiger partial charge on any atom is -0.368 e. The molecule has 1 aromatic heterocycles. The minimum absolute atomic E-state index is 0.0225. The first kappa shape index (κ1) is 17.4. The molecule has 0 radical (unpaired) electrons. The predicted octanol–water partition coefficient (Wildman–Crippen LogP) is 2.33. The molecule has 2 aromatic rings. The molecule has 0 unspecified atom stereocenters. The van der Waals surface area contributed by atoms with Gasteiger partial charge in [-0.1, -0.05) is 30.5 Å². The van der Waals surface area contributed by atoms with E-state index < -0.39 is 5.41 Å². The summed E-state index contributed by atoms with van der Waals surface area (Å²) >= 11 is 0. The van der Waals surface area contributed by atoms with E-state index in [-0.39, 0.29) is 30.3 Å². The smallest absolute Gasteiger partial charge is 0.236 e. The molecule has 1 aliphatic carbocycles. The van der Waals surface area contributed by atoms with Gasteiger partial charge in [0.1, 0.15) is 0 Å². The van der Waals surface area contributed by atoms with Crippen LogP contribution in [0.4, 0.5) is 17.6 Å². The van der Waals surface area contributed by atoms with Crippen LogP contribution in [0.2, 0.25) is 0 Å². The second-order valence-corrected chi connectivity index (χ2v) is 7.37. The molecular formula is C19H22N6O2.